The fourth-order valence-electron chi connectivity index (χ4n) is 8.83. The van der Waals surface area contributed by atoms with Gasteiger partial charge in [-0.2, -0.15) is 0 Å². The monoisotopic (exact) mass is 834 g/mol. The first-order chi connectivity index (χ1) is 21.0. The molecule has 0 N–H and O–H groups in total. The van der Waals surface area contributed by atoms with Gasteiger partial charge in [0.1, 0.15) is 0 Å². The molecule has 4 fully saturated rings. The van der Waals surface area contributed by atoms with Crippen molar-refractivity contribution in [3.8, 4) is 0 Å². The van der Waals surface area contributed by atoms with Crippen LogP contribution in [0, 0.1) is 23.7 Å². The minimum absolute atomic E-state index is 0. The van der Waals surface area contributed by atoms with Crippen molar-refractivity contribution in [2.24, 2.45) is 23.7 Å². The minimum atomic E-state index is -3.67. The molecule has 4 atom stereocenters. The van der Waals surface area contributed by atoms with Crippen LogP contribution in [0.4, 0.5) is 12.9 Å². The number of hydrogen-bond donors (Lipinski definition) is 0. The smallest absolute Gasteiger partial charge is 0.762 e. The van der Waals surface area contributed by atoms with Crippen LogP contribution in [-0.4, -0.2) is 41.5 Å². The minimum Gasteiger partial charge on any atom is -1.00 e. The molecule has 0 bridgehead atoms. The zero-order valence-corrected chi connectivity index (χ0v) is 35.6. The van der Waals surface area contributed by atoms with Crippen molar-refractivity contribution in [1.82, 2.24) is 0 Å². The first-order valence-electron chi connectivity index (χ1n) is 18.7. The summed E-state index contributed by atoms with van der Waals surface area (Å²) in [5.74, 6) is 3.76. The number of hydrogen-bond acceptors (Lipinski definition) is 0. The van der Waals surface area contributed by atoms with Gasteiger partial charge in [0.25, 0.3) is 0 Å². The summed E-state index contributed by atoms with van der Waals surface area (Å²) in [6, 6.07) is 0. The molecule has 2 heterocycles. The van der Waals surface area contributed by atoms with Gasteiger partial charge < -0.3 is 4.70 Å². The van der Waals surface area contributed by atoms with Crippen LogP contribution in [0.5, 0.6) is 0 Å². The molecule has 4 unspecified atom stereocenters. The van der Waals surface area contributed by atoms with Gasteiger partial charge in [-0.05, 0) is 135 Å². The molecule has 0 aromatic carbocycles. The third-order valence-corrected chi connectivity index (χ3v) is 20.2. The second-order valence-corrected chi connectivity index (χ2v) is 21.4. The van der Waals surface area contributed by atoms with E-state index in [1.54, 1.807) is 51.4 Å². The van der Waals surface area contributed by atoms with Gasteiger partial charge in [-0.3, -0.25) is 12.9 Å². The third-order valence-electron chi connectivity index (χ3n) is 11.0. The number of halogens is 4. The summed E-state index contributed by atoms with van der Waals surface area (Å²) < 4.78 is 29.0. The maximum Gasteiger partial charge on any atom is 0.762 e. The molecule has 0 spiro atoms. The molecule has 9 heteroatoms. The van der Waals surface area contributed by atoms with E-state index < -0.39 is 7.54 Å². The summed E-state index contributed by atoms with van der Waals surface area (Å²) in [6.07, 6.45) is 32.6. The Morgan fingerprint density at radius 2 is 0.660 bits per heavy atom. The molecule has 0 aromatic rings. The maximum atomic E-state index is 9.67. The molecule has 2 saturated carbocycles. The van der Waals surface area contributed by atoms with E-state index in [0.29, 0.717) is 15.8 Å². The van der Waals surface area contributed by atoms with Crippen molar-refractivity contribution in [2.75, 3.05) is 0 Å². The number of rotatable bonds is 6. The van der Waals surface area contributed by atoms with E-state index in [0.717, 1.165) is 57.6 Å². The van der Waals surface area contributed by atoms with Crippen molar-refractivity contribution in [2.45, 2.75) is 192 Å². The topological polar surface area (TPSA) is 0 Å². The van der Waals surface area contributed by atoms with Crippen LogP contribution in [-0.2, 0) is 36.5 Å². The molecule has 5 aliphatic rings. The zero-order valence-electron chi connectivity index (χ0n) is 31.1. The molecule has 47 heavy (non-hydrogen) atoms. The summed E-state index contributed by atoms with van der Waals surface area (Å²) in [5.41, 5.74) is 6.71. The summed E-state index contributed by atoms with van der Waals surface area (Å²) in [7, 11) is -2.97. The van der Waals surface area contributed by atoms with E-state index in [2.05, 4.69) is 79.7 Å². The molecule has 0 aromatic heterocycles. The van der Waals surface area contributed by atoms with E-state index in [-0.39, 0.29) is 41.3 Å². The van der Waals surface area contributed by atoms with Gasteiger partial charge in [-0.1, -0.05) is 121 Å². The molecule has 0 amide bonds. The average Bonchev–Trinajstić information content (AvgIpc) is 3.73. The molecular weight excluding hydrogens is 764 g/mol. The molecule has 0 nitrogen and oxygen atoms in total. The second-order valence-electron chi connectivity index (χ2n) is 15.5. The Balaban J connectivity index is 0. The molecule has 1 radical (unpaired) electrons. The van der Waals surface area contributed by atoms with Gasteiger partial charge in [0, 0.05) is 36.5 Å². The Morgan fingerprint density at radius 3 is 0.830 bits per heavy atom. The van der Waals surface area contributed by atoms with Crippen LogP contribution in [0.15, 0.2) is 24.3 Å². The van der Waals surface area contributed by atoms with E-state index in [1.807, 2.05) is 0 Å². The molecule has 281 valence electrons. The van der Waals surface area contributed by atoms with Crippen molar-refractivity contribution in [1.29, 1.82) is 0 Å². The Morgan fingerprint density at radius 1 is 0.468 bits per heavy atom. The Hall–Kier alpha value is 1.27. The summed E-state index contributed by atoms with van der Waals surface area (Å²) in [5, 5.41) is 0. The fraction of sp³-hybridized carbons (Fsp3) is 0.895. The van der Waals surface area contributed by atoms with Crippen LogP contribution in [0.2, 0.25) is 0 Å². The number of allylic oxidation sites excluding steroid dienone is 4. The predicted molar refractivity (Wildman–Crippen MR) is 197 cm³/mol. The average molecular weight is 834 g/mol. The Bertz CT molecular complexity index is 696. The summed E-state index contributed by atoms with van der Waals surface area (Å²) in [6.45, 7) is 19.8. The van der Waals surface area contributed by atoms with E-state index in [1.165, 1.54) is 51.4 Å². The van der Waals surface area contributed by atoms with Crippen LogP contribution in [0.1, 0.15) is 158 Å². The standard InChI is InChI=1S/2C15H29P.C8H12.BF3.FH.Fe.Rh/c2*1-11(2)14-9-10-15(12(3)4)16(14)13-7-5-6-8-13;1-2-4-6-8-7-5-3-1;2-1(3)4;;;/h2*11-15H,5-10H2,1-4H3;1-2,7-8H,3-6H2;;1H;;/p-1/b;;2-1-,8-7-;;;;. The quantitative estimate of drug-likeness (QED) is 0.108. The van der Waals surface area contributed by atoms with Crippen LogP contribution >= 0.6 is 15.8 Å². The normalized spacial score (nSPS) is 30.4. The van der Waals surface area contributed by atoms with Crippen LogP contribution in [0.3, 0.4) is 0 Å². The first kappa shape index (κ1) is 50.4. The van der Waals surface area contributed by atoms with Crippen molar-refractivity contribution in [3.05, 3.63) is 24.3 Å². The molecule has 3 aliphatic carbocycles. The Labute approximate surface area is 316 Å². The summed E-state index contributed by atoms with van der Waals surface area (Å²) >= 11 is 0. The maximum absolute atomic E-state index is 9.67. The second kappa shape index (κ2) is 27.9. The van der Waals surface area contributed by atoms with Gasteiger partial charge in [0.05, 0.1) is 0 Å². The Kier molecular flexibility index (Phi) is 29.9. The molecular formula is C38H70BF4FeP2Rh-. The van der Waals surface area contributed by atoms with E-state index in [4.69, 9.17) is 0 Å². The van der Waals surface area contributed by atoms with Crippen molar-refractivity contribution >= 4 is 23.4 Å². The van der Waals surface area contributed by atoms with Gasteiger partial charge >= 0.3 is 7.54 Å². The third kappa shape index (κ3) is 18.0. The molecule has 2 aliphatic heterocycles. The van der Waals surface area contributed by atoms with E-state index >= 15 is 0 Å². The van der Waals surface area contributed by atoms with Gasteiger partial charge in [-0.15, -0.1) is 0 Å². The van der Waals surface area contributed by atoms with Gasteiger partial charge in [-0.25, -0.2) is 0 Å². The van der Waals surface area contributed by atoms with Crippen molar-refractivity contribution < 1.29 is 54.2 Å². The van der Waals surface area contributed by atoms with Gasteiger partial charge in [0.2, 0.25) is 0 Å². The van der Waals surface area contributed by atoms with Crippen molar-refractivity contribution in [3.63, 3.8) is 0 Å². The van der Waals surface area contributed by atoms with Crippen LogP contribution in [0.25, 0.3) is 0 Å². The molecule has 5 rings (SSSR count). The largest absolute Gasteiger partial charge is 1.00 e. The zero-order chi connectivity index (χ0) is 32.6. The predicted octanol–water partition coefficient (Wildman–Crippen LogP) is 11.1. The van der Waals surface area contributed by atoms with Gasteiger partial charge in [0.15, 0.2) is 0 Å². The van der Waals surface area contributed by atoms with Crippen LogP contribution < -0.4 is 4.70 Å². The first-order valence-corrected chi connectivity index (χ1v) is 21.8. The SMILES string of the molecule is C1=C\CC/C=C\CC/1.CC(C)C1CCC(C(C)C)P1C1CCCC1.CC(C)C1CCC(C(C)C)P1C1CCCC1.FB(F)F.[F-].[Fe].[Rh]. The van der Waals surface area contributed by atoms with E-state index in [9.17, 15) is 12.9 Å². The fourth-order valence-corrected chi connectivity index (χ4v) is 18.4. The molecule has 2 saturated heterocycles. The summed E-state index contributed by atoms with van der Waals surface area (Å²) in [4.78, 5) is 0.